The zero-order chi connectivity index (χ0) is 16.4. The third-order valence-corrected chi connectivity index (χ3v) is 3.29. The summed E-state index contributed by atoms with van der Waals surface area (Å²) in [5.74, 6) is -0.110. The molecule has 1 heterocycles. The van der Waals surface area contributed by atoms with Crippen molar-refractivity contribution in [2.24, 2.45) is 14.1 Å². The predicted molar refractivity (Wildman–Crippen MR) is 82.6 cm³/mol. The number of nitrogens with zero attached hydrogens (tertiary/aromatic N) is 2. The monoisotopic (exact) mass is 303 g/mol. The Morgan fingerprint density at radius 1 is 1.23 bits per heavy atom. The molecule has 0 aliphatic heterocycles. The van der Waals surface area contributed by atoms with Gasteiger partial charge in [0, 0.05) is 20.3 Å². The molecule has 0 unspecified atom stereocenters. The van der Waals surface area contributed by atoms with Crippen LogP contribution in [0.3, 0.4) is 0 Å². The number of aryl methyl sites for hydroxylation is 2. The Balaban J connectivity index is 2.45. The Morgan fingerprint density at radius 3 is 2.55 bits per heavy atom. The number of aromatic nitrogens is 2. The fourth-order valence-corrected chi connectivity index (χ4v) is 2.07. The first-order valence-electron chi connectivity index (χ1n) is 6.57. The van der Waals surface area contributed by atoms with Crippen LogP contribution in [-0.2, 0) is 14.1 Å². The van der Waals surface area contributed by atoms with Crippen molar-refractivity contribution in [3.8, 4) is 5.75 Å². The normalized spacial score (nSPS) is 10.4. The van der Waals surface area contributed by atoms with Crippen LogP contribution in [0.1, 0.15) is 15.9 Å². The molecule has 1 aromatic carbocycles. The molecule has 0 aliphatic carbocycles. The van der Waals surface area contributed by atoms with Gasteiger partial charge in [-0.25, -0.2) is 4.79 Å². The molecular formula is C15H17N3O4. The minimum absolute atomic E-state index is 0.117. The van der Waals surface area contributed by atoms with Gasteiger partial charge in [-0.05, 0) is 24.6 Å². The minimum atomic E-state index is -0.646. The molecule has 0 saturated carbocycles. The van der Waals surface area contributed by atoms with Crippen LogP contribution in [0.5, 0.6) is 5.75 Å². The highest BCUT2D eigenvalue weighted by molar-refractivity contribution is 6.04. The molecule has 116 valence electrons. The van der Waals surface area contributed by atoms with Crippen molar-refractivity contribution in [2.75, 3.05) is 12.4 Å². The van der Waals surface area contributed by atoms with Crippen LogP contribution >= 0.6 is 0 Å². The van der Waals surface area contributed by atoms with Crippen LogP contribution in [0.2, 0.25) is 0 Å². The molecule has 1 aromatic heterocycles. The fourth-order valence-electron chi connectivity index (χ4n) is 2.07. The van der Waals surface area contributed by atoms with Gasteiger partial charge in [-0.2, -0.15) is 0 Å². The molecule has 0 spiro atoms. The molecule has 22 heavy (non-hydrogen) atoms. The second-order valence-corrected chi connectivity index (χ2v) is 4.96. The molecule has 0 atom stereocenters. The van der Waals surface area contributed by atoms with Crippen LogP contribution in [0.15, 0.2) is 34.0 Å². The summed E-state index contributed by atoms with van der Waals surface area (Å²) in [7, 11) is 4.30. The van der Waals surface area contributed by atoms with Gasteiger partial charge in [-0.15, -0.1) is 0 Å². The predicted octanol–water partition coefficient (Wildman–Crippen LogP) is 0.653. The van der Waals surface area contributed by atoms with E-state index in [0.29, 0.717) is 11.4 Å². The van der Waals surface area contributed by atoms with Crippen LogP contribution < -0.4 is 21.3 Å². The van der Waals surface area contributed by atoms with Gasteiger partial charge < -0.3 is 14.6 Å². The van der Waals surface area contributed by atoms with Crippen molar-refractivity contribution in [3.63, 3.8) is 0 Å². The number of hydrogen-bond acceptors (Lipinski definition) is 4. The Hall–Kier alpha value is -2.83. The summed E-state index contributed by atoms with van der Waals surface area (Å²) in [5, 5.41) is 2.64. The summed E-state index contributed by atoms with van der Waals surface area (Å²) in [6.45, 7) is 1.88. The number of benzene rings is 1. The van der Waals surface area contributed by atoms with Gasteiger partial charge >= 0.3 is 5.69 Å². The first kappa shape index (κ1) is 15.6. The number of carbonyl (C=O) groups is 1. The van der Waals surface area contributed by atoms with Gasteiger partial charge in [-0.1, -0.05) is 6.07 Å². The molecule has 0 fully saturated rings. The van der Waals surface area contributed by atoms with E-state index in [1.807, 2.05) is 13.0 Å². The van der Waals surface area contributed by atoms with Crippen LogP contribution in [0, 0.1) is 6.92 Å². The molecule has 0 aliphatic rings. The molecule has 2 rings (SSSR count). The van der Waals surface area contributed by atoms with E-state index in [2.05, 4.69) is 5.32 Å². The lowest BCUT2D eigenvalue weighted by atomic mass is 10.2. The van der Waals surface area contributed by atoms with E-state index in [-0.39, 0.29) is 5.56 Å². The minimum Gasteiger partial charge on any atom is -0.495 e. The van der Waals surface area contributed by atoms with E-state index in [4.69, 9.17) is 4.74 Å². The average Bonchev–Trinajstić information content (AvgIpc) is 2.49. The van der Waals surface area contributed by atoms with Gasteiger partial charge in [0.15, 0.2) is 0 Å². The van der Waals surface area contributed by atoms with E-state index in [9.17, 15) is 14.4 Å². The topological polar surface area (TPSA) is 82.3 Å². The molecular weight excluding hydrogens is 286 g/mol. The second kappa shape index (κ2) is 5.88. The standard InChI is InChI=1S/C15H17N3O4/c1-9-5-6-12(22-4)11(7-9)16-13(19)10-8-17(2)15(21)18(3)14(10)20/h5-8H,1-4H3,(H,16,19). The Bertz CT molecular complexity index is 849. The zero-order valence-electron chi connectivity index (χ0n) is 12.8. The van der Waals surface area contributed by atoms with E-state index in [1.54, 1.807) is 12.1 Å². The van der Waals surface area contributed by atoms with E-state index >= 15 is 0 Å². The van der Waals surface area contributed by atoms with Crippen molar-refractivity contribution in [3.05, 3.63) is 56.4 Å². The van der Waals surface area contributed by atoms with Crippen molar-refractivity contribution >= 4 is 11.6 Å². The first-order chi connectivity index (χ1) is 10.3. The summed E-state index contributed by atoms with van der Waals surface area (Å²) in [6, 6.07) is 5.31. The Morgan fingerprint density at radius 2 is 1.91 bits per heavy atom. The largest absolute Gasteiger partial charge is 0.495 e. The number of ether oxygens (including phenoxy) is 1. The summed E-state index contributed by atoms with van der Waals surface area (Å²) in [6.07, 6.45) is 1.22. The number of anilines is 1. The SMILES string of the molecule is COc1ccc(C)cc1NC(=O)c1cn(C)c(=O)n(C)c1=O. The third-order valence-electron chi connectivity index (χ3n) is 3.29. The van der Waals surface area contributed by atoms with Crippen LogP contribution in [0.25, 0.3) is 0 Å². The molecule has 0 saturated heterocycles. The zero-order valence-corrected chi connectivity index (χ0v) is 12.8. The summed E-state index contributed by atoms with van der Waals surface area (Å²) in [4.78, 5) is 36.0. The van der Waals surface area contributed by atoms with Crippen LogP contribution in [-0.4, -0.2) is 22.2 Å². The van der Waals surface area contributed by atoms with E-state index in [1.165, 1.54) is 32.0 Å². The quantitative estimate of drug-likeness (QED) is 0.902. The molecule has 7 nitrogen and oxygen atoms in total. The molecule has 0 bridgehead atoms. The van der Waals surface area contributed by atoms with Gasteiger partial charge in [0.1, 0.15) is 11.3 Å². The third kappa shape index (κ3) is 2.78. The Labute approximate surface area is 126 Å². The Kier molecular flexibility index (Phi) is 4.16. The van der Waals surface area contributed by atoms with E-state index in [0.717, 1.165) is 10.1 Å². The highest BCUT2D eigenvalue weighted by atomic mass is 16.5. The van der Waals surface area contributed by atoms with E-state index < -0.39 is 17.2 Å². The van der Waals surface area contributed by atoms with Crippen molar-refractivity contribution in [2.45, 2.75) is 6.92 Å². The number of nitrogens with one attached hydrogen (secondary N) is 1. The number of carbonyl (C=O) groups excluding carboxylic acids is 1. The molecule has 2 aromatic rings. The van der Waals surface area contributed by atoms with Gasteiger partial charge in [0.25, 0.3) is 11.5 Å². The number of methoxy groups -OCH3 is 1. The van der Waals surface area contributed by atoms with Crippen molar-refractivity contribution in [1.29, 1.82) is 0 Å². The number of rotatable bonds is 3. The molecule has 0 radical (unpaired) electrons. The van der Waals surface area contributed by atoms with Gasteiger partial charge in [0.2, 0.25) is 0 Å². The lowest BCUT2D eigenvalue weighted by Crippen LogP contribution is -2.40. The maximum absolute atomic E-state index is 12.3. The average molecular weight is 303 g/mol. The maximum atomic E-state index is 12.3. The first-order valence-corrected chi connectivity index (χ1v) is 6.57. The second-order valence-electron chi connectivity index (χ2n) is 4.96. The smallest absolute Gasteiger partial charge is 0.330 e. The lowest BCUT2D eigenvalue weighted by Gasteiger charge is -2.11. The molecule has 1 N–H and O–H groups in total. The number of amides is 1. The van der Waals surface area contributed by atoms with Crippen LogP contribution in [0.4, 0.5) is 5.69 Å². The molecule has 1 amide bonds. The molecule has 7 heteroatoms. The maximum Gasteiger partial charge on any atom is 0.330 e. The van der Waals surface area contributed by atoms with Gasteiger partial charge in [0.05, 0.1) is 12.8 Å². The summed E-state index contributed by atoms with van der Waals surface area (Å²) < 4.78 is 7.26. The van der Waals surface area contributed by atoms with Crippen molar-refractivity contribution < 1.29 is 9.53 Å². The summed E-state index contributed by atoms with van der Waals surface area (Å²) in [5.41, 5.74) is 0.142. The van der Waals surface area contributed by atoms with Crippen molar-refractivity contribution in [1.82, 2.24) is 9.13 Å². The highest BCUT2D eigenvalue weighted by Gasteiger charge is 2.16. The lowest BCUT2D eigenvalue weighted by molar-refractivity contribution is 0.102. The number of hydrogen-bond donors (Lipinski definition) is 1. The highest BCUT2D eigenvalue weighted by Crippen LogP contribution is 2.25. The van der Waals surface area contributed by atoms with Gasteiger partial charge in [-0.3, -0.25) is 14.2 Å². The summed E-state index contributed by atoms with van der Waals surface area (Å²) >= 11 is 0. The fraction of sp³-hybridized carbons (Fsp3) is 0.267.